The Morgan fingerprint density at radius 1 is 0.932 bits per heavy atom. The van der Waals surface area contributed by atoms with Gasteiger partial charge in [0.1, 0.15) is 10.6 Å². The van der Waals surface area contributed by atoms with E-state index in [0.717, 1.165) is 30.3 Å². The maximum atomic E-state index is 15.0. The van der Waals surface area contributed by atoms with Gasteiger partial charge in [-0.1, -0.05) is 18.2 Å². The van der Waals surface area contributed by atoms with E-state index < -0.39 is 71.6 Å². The van der Waals surface area contributed by atoms with E-state index in [2.05, 4.69) is 0 Å². The minimum atomic E-state index is -6.37. The maximum absolute atomic E-state index is 15.0. The quantitative estimate of drug-likeness (QED) is 0.310. The van der Waals surface area contributed by atoms with E-state index in [9.17, 15) is 48.2 Å². The molecule has 2 saturated heterocycles. The lowest BCUT2D eigenvalue weighted by Crippen LogP contribution is -2.51. The van der Waals surface area contributed by atoms with E-state index in [0.29, 0.717) is 12.1 Å². The molecule has 1 aliphatic carbocycles. The van der Waals surface area contributed by atoms with Crippen LogP contribution >= 0.6 is 0 Å². The van der Waals surface area contributed by atoms with Crippen LogP contribution in [0.1, 0.15) is 48.8 Å². The molecule has 3 aliphatic rings. The molecule has 1 amide bonds. The second-order valence-corrected chi connectivity index (χ2v) is 16.2. The molecule has 0 unspecified atom stereocenters. The van der Waals surface area contributed by atoms with Crippen LogP contribution in [0.5, 0.6) is 0 Å². The van der Waals surface area contributed by atoms with Crippen molar-refractivity contribution in [3.8, 4) is 0 Å². The van der Waals surface area contributed by atoms with E-state index in [1.807, 2.05) is 0 Å². The number of sulfone groups is 1. The van der Waals surface area contributed by atoms with Crippen LogP contribution in [0, 0.1) is 16.5 Å². The van der Waals surface area contributed by atoms with E-state index in [1.165, 1.54) is 4.90 Å². The number of nitrogens with zero attached hydrogens (tertiary/aromatic N) is 1. The van der Waals surface area contributed by atoms with Crippen molar-refractivity contribution in [3.63, 3.8) is 0 Å². The lowest BCUT2D eigenvalue weighted by Gasteiger charge is -2.39. The Balaban J connectivity index is 1.68. The highest BCUT2D eigenvalue weighted by atomic mass is 32.2. The van der Waals surface area contributed by atoms with E-state index in [-0.39, 0.29) is 72.6 Å². The van der Waals surface area contributed by atoms with Crippen molar-refractivity contribution in [1.82, 2.24) is 4.90 Å². The average Bonchev–Trinajstić information content (AvgIpc) is 3.23. The van der Waals surface area contributed by atoms with Crippen LogP contribution in [0.4, 0.5) is 35.1 Å². The second-order valence-electron chi connectivity index (χ2n) is 11.6. The topological polar surface area (TPSA) is 95.4 Å². The Morgan fingerprint density at radius 3 is 2.09 bits per heavy atom. The molecule has 0 bridgehead atoms. The molecule has 44 heavy (non-hydrogen) atoms. The van der Waals surface area contributed by atoms with Crippen molar-refractivity contribution >= 4 is 25.5 Å². The van der Waals surface area contributed by atoms with Gasteiger partial charge in [-0.2, -0.15) is 26.3 Å². The summed E-state index contributed by atoms with van der Waals surface area (Å²) in [5, 5.41) is 0. The van der Waals surface area contributed by atoms with Crippen LogP contribution < -0.4 is 0 Å². The van der Waals surface area contributed by atoms with Crippen molar-refractivity contribution in [3.05, 3.63) is 65.0 Å². The highest BCUT2D eigenvalue weighted by Crippen LogP contribution is 2.56. The van der Waals surface area contributed by atoms with Gasteiger partial charge >= 0.3 is 18.0 Å². The van der Waals surface area contributed by atoms with Crippen LogP contribution in [0.2, 0.25) is 0 Å². The van der Waals surface area contributed by atoms with Crippen LogP contribution in [0.25, 0.3) is 0 Å². The molecule has 0 saturated carbocycles. The molecular weight excluding hydrogens is 644 g/mol. The SMILES string of the molecule is N=S1(=O)CCC(C(=O)N2CC[C@]3(S(=O)(=O)c4ccc(F)cc4)c4ccc(C(F)(C(F)(F)F)C(F)(F)F)cc4CCC[C@H]23)CC1. The highest BCUT2D eigenvalue weighted by molar-refractivity contribution is 7.92. The number of hydrogen-bond donors (Lipinski definition) is 1. The first-order valence-corrected chi connectivity index (χ1v) is 17.2. The van der Waals surface area contributed by atoms with Gasteiger partial charge in [0.05, 0.1) is 10.9 Å². The minimum absolute atomic E-state index is 0.00258. The van der Waals surface area contributed by atoms with Gasteiger partial charge in [-0.3, -0.25) is 9.57 Å². The average molecular weight is 673 g/mol. The van der Waals surface area contributed by atoms with E-state index in [4.69, 9.17) is 4.78 Å². The Morgan fingerprint density at radius 2 is 1.52 bits per heavy atom. The molecule has 2 heterocycles. The lowest BCUT2D eigenvalue weighted by atomic mass is 9.84. The van der Waals surface area contributed by atoms with Gasteiger partial charge < -0.3 is 4.90 Å². The number of benzene rings is 2. The molecule has 6 nitrogen and oxygen atoms in total. The van der Waals surface area contributed by atoms with Gasteiger partial charge in [-0.25, -0.2) is 21.4 Å². The molecule has 1 N–H and O–H groups in total. The third-order valence-corrected chi connectivity index (χ3v) is 13.5. The zero-order valence-corrected chi connectivity index (χ0v) is 24.6. The number of halogens is 8. The first-order chi connectivity index (χ1) is 20.3. The van der Waals surface area contributed by atoms with Crippen molar-refractivity contribution < 1.29 is 52.5 Å². The fourth-order valence-electron chi connectivity index (χ4n) is 6.90. The molecular formula is C28H28F8N2O4S2. The fraction of sp³-hybridized carbons (Fsp3) is 0.536. The number of alkyl halides is 7. The summed E-state index contributed by atoms with van der Waals surface area (Å²) in [4.78, 5) is 14.8. The number of rotatable bonds is 4. The molecule has 2 aromatic carbocycles. The smallest absolute Gasteiger partial charge is 0.337 e. The first kappa shape index (κ1) is 32.6. The van der Waals surface area contributed by atoms with Gasteiger partial charge in [-0.05, 0) is 73.9 Å². The number of amides is 1. The summed E-state index contributed by atoms with van der Waals surface area (Å²) in [5.41, 5.74) is -7.84. The number of hydrogen-bond acceptors (Lipinski definition) is 5. The van der Waals surface area contributed by atoms with Crippen molar-refractivity contribution in [1.29, 1.82) is 4.78 Å². The van der Waals surface area contributed by atoms with Crippen LogP contribution in [0.3, 0.4) is 0 Å². The maximum Gasteiger partial charge on any atom is 0.435 e. The van der Waals surface area contributed by atoms with Crippen molar-refractivity contribution in [2.75, 3.05) is 18.1 Å². The van der Waals surface area contributed by atoms with E-state index in [1.54, 1.807) is 0 Å². The summed E-state index contributed by atoms with van der Waals surface area (Å²) in [6.45, 7) is -0.129. The van der Waals surface area contributed by atoms with Gasteiger partial charge in [0.25, 0.3) is 0 Å². The Hall–Kier alpha value is -2.75. The normalized spacial score (nSPS) is 28.2. The Labute approximate surface area is 248 Å². The minimum Gasteiger partial charge on any atom is -0.337 e. The van der Waals surface area contributed by atoms with E-state index >= 15 is 4.39 Å². The summed E-state index contributed by atoms with van der Waals surface area (Å²) in [6, 6.07) is 4.14. The third-order valence-electron chi connectivity index (χ3n) is 9.13. The largest absolute Gasteiger partial charge is 0.435 e. The number of carbonyl (C=O) groups excluding carboxylic acids is 1. The standard InChI is InChI=1S/C28H28F8N2O4S2/c29-20-5-7-21(8-6-20)44(41,42)25-12-13-38(24(39)17-10-14-43(37,40)15-11-17)23(25)3-1-2-18-16-19(4-9-22(18)25)26(30,27(31,32)33)28(34,35)36/h4-9,16-17,23,37H,1-3,10-15H2/t17?,23-,25-,43?/m0/s1. The van der Waals surface area contributed by atoms with Crippen LogP contribution in [-0.4, -0.2) is 59.9 Å². The summed E-state index contributed by atoms with van der Waals surface area (Å²) in [7, 11) is -7.45. The number of likely N-dealkylation sites (tertiary alicyclic amines) is 1. The lowest BCUT2D eigenvalue weighted by molar-refractivity contribution is -0.348. The summed E-state index contributed by atoms with van der Waals surface area (Å²) in [5.74, 6) is -1.89. The second kappa shape index (κ2) is 10.7. The monoisotopic (exact) mass is 672 g/mol. The molecule has 0 aromatic heterocycles. The molecule has 2 fully saturated rings. The van der Waals surface area contributed by atoms with Gasteiger partial charge in [0.15, 0.2) is 9.84 Å². The molecule has 16 heteroatoms. The Kier molecular flexibility index (Phi) is 7.91. The fourth-order valence-corrected chi connectivity index (χ4v) is 10.8. The predicted octanol–water partition coefficient (Wildman–Crippen LogP) is 6.18. The molecule has 0 spiro atoms. The molecule has 2 atom stereocenters. The third kappa shape index (κ3) is 4.99. The zero-order chi connectivity index (χ0) is 32.5. The molecule has 2 aliphatic heterocycles. The molecule has 2 aromatic rings. The Bertz CT molecular complexity index is 1650. The van der Waals surface area contributed by atoms with Crippen LogP contribution in [0.15, 0.2) is 47.4 Å². The number of carbonyl (C=O) groups is 1. The summed E-state index contributed by atoms with van der Waals surface area (Å²) >= 11 is 0. The van der Waals surface area contributed by atoms with Gasteiger partial charge in [0, 0.05) is 39.3 Å². The van der Waals surface area contributed by atoms with Gasteiger partial charge in [0.2, 0.25) is 5.91 Å². The number of nitrogens with one attached hydrogen (secondary N) is 1. The highest BCUT2D eigenvalue weighted by Gasteiger charge is 2.73. The molecule has 0 radical (unpaired) electrons. The van der Waals surface area contributed by atoms with Crippen molar-refractivity contribution in [2.24, 2.45) is 5.92 Å². The number of fused-ring (bicyclic) bond motifs is 3. The predicted molar refractivity (Wildman–Crippen MR) is 143 cm³/mol. The van der Waals surface area contributed by atoms with Gasteiger partial charge in [-0.15, -0.1) is 0 Å². The first-order valence-electron chi connectivity index (χ1n) is 13.8. The van der Waals surface area contributed by atoms with Crippen molar-refractivity contribution in [2.45, 2.75) is 72.2 Å². The zero-order valence-electron chi connectivity index (χ0n) is 23.0. The number of aryl methyl sites for hydroxylation is 1. The molecule has 242 valence electrons. The summed E-state index contributed by atoms with van der Waals surface area (Å²) in [6.07, 6.45) is -12.9. The molecule has 5 rings (SSSR count). The van der Waals surface area contributed by atoms with Crippen LogP contribution in [-0.2, 0) is 41.2 Å². The summed E-state index contributed by atoms with van der Waals surface area (Å²) < 4.78 is 157.